The number of benzene rings is 1. The van der Waals surface area contributed by atoms with Gasteiger partial charge in [0.05, 0.1) is 11.9 Å². The van der Waals surface area contributed by atoms with Crippen LogP contribution in [0.5, 0.6) is 0 Å². The van der Waals surface area contributed by atoms with Gasteiger partial charge < -0.3 is 4.98 Å². The highest BCUT2D eigenvalue weighted by Gasteiger charge is 2.06. The molecule has 0 aliphatic heterocycles. The van der Waals surface area contributed by atoms with E-state index < -0.39 is 5.82 Å². The molecular formula is C10H6ClFN2O. The average molecular weight is 225 g/mol. The highest BCUT2D eigenvalue weighted by molar-refractivity contribution is 6.30. The van der Waals surface area contributed by atoms with Crippen molar-refractivity contribution in [2.75, 3.05) is 0 Å². The quantitative estimate of drug-likeness (QED) is 0.808. The average Bonchev–Trinajstić information content (AvgIpc) is 2.20. The van der Waals surface area contributed by atoms with Crippen LogP contribution in [0.15, 0.2) is 35.4 Å². The third-order valence-electron chi connectivity index (χ3n) is 1.88. The lowest BCUT2D eigenvalue weighted by Crippen LogP contribution is -2.04. The van der Waals surface area contributed by atoms with Crippen LogP contribution in [0.3, 0.4) is 0 Å². The number of aromatic amines is 1. The molecule has 1 heterocycles. The Labute approximate surface area is 89.6 Å². The molecule has 0 radical (unpaired) electrons. The molecule has 0 atom stereocenters. The Morgan fingerprint density at radius 3 is 2.80 bits per heavy atom. The molecule has 2 rings (SSSR count). The first kappa shape index (κ1) is 9.86. The molecule has 1 aromatic carbocycles. The highest BCUT2D eigenvalue weighted by Crippen LogP contribution is 2.22. The predicted octanol–water partition coefficient (Wildman–Crippen LogP) is 2.23. The van der Waals surface area contributed by atoms with E-state index >= 15 is 0 Å². The minimum absolute atomic E-state index is 0.302. The Hall–Kier alpha value is -1.68. The van der Waals surface area contributed by atoms with Gasteiger partial charge in [-0.05, 0) is 18.2 Å². The number of nitrogens with one attached hydrogen (secondary N) is 1. The molecule has 0 fully saturated rings. The van der Waals surface area contributed by atoms with E-state index in [-0.39, 0.29) is 5.56 Å². The first-order valence-electron chi connectivity index (χ1n) is 4.17. The minimum Gasteiger partial charge on any atom is -0.326 e. The van der Waals surface area contributed by atoms with Gasteiger partial charge in [0.1, 0.15) is 5.82 Å². The van der Waals surface area contributed by atoms with E-state index in [0.717, 1.165) is 6.20 Å². The molecule has 0 saturated carbocycles. The van der Waals surface area contributed by atoms with Crippen molar-refractivity contribution in [3.05, 3.63) is 51.8 Å². The van der Waals surface area contributed by atoms with Gasteiger partial charge in [-0.2, -0.15) is 0 Å². The number of rotatable bonds is 1. The Bertz CT molecular complexity index is 533. The van der Waals surface area contributed by atoms with Crippen molar-refractivity contribution in [1.29, 1.82) is 0 Å². The molecule has 1 N–H and O–H groups in total. The summed E-state index contributed by atoms with van der Waals surface area (Å²) in [5.74, 6) is -0.470. The van der Waals surface area contributed by atoms with Crippen molar-refractivity contribution in [2.24, 2.45) is 0 Å². The van der Waals surface area contributed by atoms with Crippen molar-refractivity contribution in [3.63, 3.8) is 0 Å². The Morgan fingerprint density at radius 2 is 2.20 bits per heavy atom. The molecular weight excluding hydrogens is 219 g/mol. The zero-order valence-corrected chi connectivity index (χ0v) is 8.25. The maximum Gasteiger partial charge on any atom is 0.266 e. The van der Waals surface area contributed by atoms with Gasteiger partial charge in [-0.3, -0.25) is 4.79 Å². The molecule has 3 nitrogen and oxygen atoms in total. The maximum absolute atomic E-state index is 13.4. The molecule has 0 aliphatic rings. The van der Waals surface area contributed by atoms with Gasteiger partial charge >= 0.3 is 0 Å². The normalized spacial score (nSPS) is 10.3. The molecule has 0 unspecified atom stereocenters. The lowest BCUT2D eigenvalue weighted by Gasteiger charge is -2.01. The van der Waals surface area contributed by atoms with E-state index in [9.17, 15) is 9.18 Å². The molecule has 0 amide bonds. The Morgan fingerprint density at radius 1 is 1.40 bits per heavy atom. The zero-order valence-electron chi connectivity index (χ0n) is 7.50. The van der Waals surface area contributed by atoms with Gasteiger partial charge in [-0.1, -0.05) is 11.6 Å². The van der Waals surface area contributed by atoms with Gasteiger partial charge in [0.2, 0.25) is 0 Å². The second-order valence-corrected chi connectivity index (χ2v) is 3.36. The second kappa shape index (κ2) is 3.82. The van der Waals surface area contributed by atoms with Crippen LogP contribution in [-0.2, 0) is 0 Å². The van der Waals surface area contributed by atoms with Crippen molar-refractivity contribution in [1.82, 2.24) is 9.97 Å². The van der Waals surface area contributed by atoms with E-state index in [1.165, 1.54) is 18.3 Å². The van der Waals surface area contributed by atoms with Crippen LogP contribution in [0.25, 0.3) is 11.3 Å². The Balaban J connectivity index is 2.54. The third-order valence-corrected chi connectivity index (χ3v) is 2.11. The van der Waals surface area contributed by atoms with Crippen molar-refractivity contribution in [2.45, 2.75) is 0 Å². The lowest BCUT2D eigenvalue weighted by molar-refractivity contribution is 0.630. The molecule has 1 aromatic heterocycles. The van der Waals surface area contributed by atoms with E-state index in [2.05, 4.69) is 9.97 Å². The van der Waals surface area contributed by atoms with Crippen LogP contribution >= 0.6 is 11.6 Å². The van der Waals surface area contributed by atoms with Crippen molar-refractivity contribution >= 4 is 11.6 Å². The van der Waals surface area contributed by atoms with Crippen molar-refractivity contribution in [3.8, 4) is 11.3 Å². The number of nitrogens with zero attached hydrogens (tertiary/aromatic N) is 1. The summed E-state index contributed by atoms with van der Waals surface area (Å²) >= 11 is 5.61. The number of aromatic nitrogens is 2. The van der Waals surface area contributed by atoms with Crippen LogP contribution in [0.2, 0.25) is 5.02 Å². The zero-order chi connectivity index (χ0) is 10.8. The summed E-state index contributed by atoms with van der Waals surface area (Å²) in [5, 5.41) is 0.320. The fourth-order valence-electron chi connectivity index (χ4n) is 1.19. The van der Waals surface area contributed by atoms with E-state index in [1.807, 2.05) is 0 Å². The van der Waals surface area contributed by atoms with Crippen LogP contribution in [0.1, 0.15) is 0 Å². The second-order valence-electron chi connectivity index (χ2n) is 2.92. The molecule has 76 valence electrons. The van der Waals surface area contributed by atoms with Crippen LogP contribution in [0, 0.1) is 5.82 Å². The maximum atomic E-state index is 13.4. The van der Waals surface area contributed by atoms with Crippen LogP contribution in [0.4, 0.5) is 4.39 Å². The van der Waals surface area contributed by atoms with Gasteiger partial charge in [0.25, 0.3) is 5.56 Å². The highest BCUT2D eigenvalue weighted by atomic mass is 35.5. The summed E-state index contributed by atoms with van der Waals surface area (Å²) in [5.41, 5.74) is 0.340. The van der Waals surface area contributed by atoms with Crippen LogP contribution < -0.4 is 5.56 Å². The first-order chi connectivity index (χ1) is 7.16. The fourth-order valence-corrected chi connectivity index (χ4v) is 1.35. The molecule has 15 heavy (non-hydrogen) atoms. The molecule has 2 aromatic rings. The summed E-state index contributed by atoms with van der Waals surface area (Å²) in [6.07, 6.45) is 2.46. The summed E-state index contributed by atoms with van der Waals surface area (Å²) in [4.78, 5) is 17.0. The standard InChI is InChI=1S/C10H6ClFN2O/c11-6-1-2-7(8(12)3-6)9-4-14-10(15)5-13-9/h1-5H,(H,14,15). The third kappa shape index (κ3) is 2.05. The monoisotopic (exact) mass is 224 g/mol. The SMILES string of the molecule is O=c1cnc(-c2ccc(Cl)cc2F)c[nH]1. The van der Waals surface area contributed by atoms with E-state index in [0.29, 0.717) is 16.3 Å². The largest absolute Gasteiger partial charge is 0.326 e. The van der Waals surface area contributed by atoms with Gasteiger partial charge in [0.15, 0.2) is 0 Å². The van der Waals surface area contributed by atoms with Crippen LogP contribution in [-0.4, -0.2) is 9.97 Å². The topological polar surface area (TPSA) is 45.8 Å². The van der Waals surface area contributed by atoms with E-state index in [1.54, 1.807) is 6.07 Å². The number of hydrogen-bond acceptors (Lipinski definition) is 2. The van der Waals surface area contributed by atoms with Gasteiger partial charge in [-0.25, -0.2) is 9.37 Å². The summed E-state index contributed by atoms with van der Waals surface area (Å²) in [7, 11) is 0. The molecule has 0 saturated heterocycles. The smallest absolute Gasteiger partial charge is 0.266 e. The fraction of sp³-hybridized carbons (Fsp3) is 0. The first-order valence-corrected chi connectivity index (χ1v) is 4.55. The molecule has 5 heteroatoms. The van der Waals surface area contributed by atoms with Crippen molar-refractivity contribution < 1.29 is 4.39 Å². The molecule has 0 bridgehead atoms. The number of halogens is 2. The molecule has 0 spiro atoms. The Kier molecular flexibility index (Phi) is 2.51. The molecule has 0 aliphatic carbocycles. The number of hydrogen-bond donors (Lipinski definition) is 1. The summed E-state index contributed by atoms with van der Waals surface area (Å²) in [6, 6.07) is 4.27. The lowest BCUT2D eigenvalue weighted by atomic mass is 10.1. The minimum atomic E-state index is -0.470. The predicted molar refractivity (Wildman–Crippen MR) is 55.3 cm³/mol. The summed E-state index contributed by atoms with van der Waals surface area (Å²) in [6.45, 7) is 0. The van der Waals surface area contributed by atoms with Gasteiger partial charge in [-0.15, -0.1) is 0 Å². The van der Waals surface area contributed by atoms with E-state index in [4.69, 9.17) is 11.6 Å². The number of H-pyrrole nitrogens is 1. The van der Waals surface area contributed by atoms with Gasteiger partial charge in [0, 0.05) is 16.8 Å². The summed E-state index contributed by atoms with van der Waals surface area (Å²) < 4.78 is 13.4.